The fraction of sp³-hybridized carbons (Fsp3) is 0.750. The maximum absolute atomic E-state index is 12.5. The molecule has 20 heavy (non-hydrogen) atoms. The zero-order valence-corrected chi connectivity index (χ0v) is 12.8. The van der Waals surface area contributed by atoms with Gasteiger partial charge >= 0.3 is 0 Å². The van der Waals surface area contributed by atoms with Crippen LogP contribution in [-0.2, 0) is 16.6 Å². The van der Waals surface area contributed by atoms with Crippen molar-refractivity contribution in [3.63, 3.8) is 0 Å². The van der Waals surface area contributed by atoms with Gasteiger partial charge in [-0.2, -0.15) is 9.40 Å². The third kappa shape index (κ3) is 3.03. The Kier molecular flexibility index (Phi) is 4.79. The second kappa shape index (κ2) is 6.21. The van der Waals surface area contributed by atoms with Gasteiger partial charge in [-0.05, 0) is 13.5 Å². The first-order chi connectivity index (χ1) is 9.48. The summed E-state index contributed by atoms with van der Waals surface area (Å²) in [6.45, 7) is 7.06. The summed E-state index contributed by atoms with van der Waals surface area (Å²) in [6.07, 6.45) is 2.82. The van der Waals surface area contributed by atoms with E-state index in [9.17, 15) is 8.42 Å². The number of aliphatic hydroxyl groups excluding tert-OH is 1. The number of rotatable bonds is 5. The van der Waals surface area contributed by atoms with Gasteiger partial charge in [0.05, 0.1) is 19.3 Å². The smallest absolute Gasteiger partial charge is 0.246 e. The molecule has 1 aromatic heterocycles. The van der Waals surface area contributed by atoms with E-state index in [1.807, 2.05) is 6.92 Å². The number of aliphatic hydroxyl groups is 1. The summed E-state index contributed by atoms with van der Waals surface area (Å²) in [7, 11) is -3.48. The van der Waals surface area contributed by atoms with Crippen LogP contribution in [0, 0.1) is 0 Å². The van der Waals surface area contributed by atoms with Crippen molar-refractivity contribution in [3.8, 4) is 0 Å². The summed E-state index contributed by atoms with van der Waals surface area (Å²) < 4.78 is 28.0. The van der Waals surface area contributed by atoms with Gasteiger partial charge in [0.15, 0.2) is 0 Å². The van der Waals surface area contributed by atoms with Gasteiger partial charge in [-0.1, -0.05) is 6.92 Å². The average Bonchev–Trinajstić information content (AvgIpc) is 2.88. The van der Waals surface area contributed by atoms with Crippen molar-refractivity contribution < 1.29 is 13.5 Å². The van der Waals surface area contributed by atoms with Crippen molar-refractivity contribution in [3.05, 3.63) is 12.4 Å². The highest BCUT2D eigenvalue weighted by Crippen LogP contribution is 2.19. The number of nitrogens with zero attached hydrogens (tertiary/aromatic N) is 4. The van der Waals surface area contributed by atoms with Gasteiger partial charge in [0.25, 0.3) is 0 Å². The van der Waals surface area contributed by atoms with Crippen LogP contribution in [0.5, 0.6) is 0 Å². The molecule has 1 unspecified atom stereocenters. The molecule has 0 spiro atoms. The summed E-state index contributed by atoms with van der Waals surface area (Å²) in [5.41, 5.74) is 0. The third-order valence-corrected chi connectivity index (χ3v) is 5.53. The fourth-order valence-electron chi connectivity index (χ4n) is 2.50. The molecule has 1 N–H and O–H groups in total. The van der Waals surface area contributed by atoms with Crippen LogP contribution in [0.25, 0.3) is 0 Å². The van der Waals surface area contributed by atoms with Gasteiger partial charge in [-0.3, -0.25) is 9.58 Å². The summed E-state index contributed by atoms with van der Waals surface area (Å²) in [5, 5.41) is 12.8. The maximum atomic E-state index is 12.5. The minimum Gasteiger partial charge on any atom is -0.394 e. The quantitative estimate of drug-likeness (QED) is 0.800. The van der Waals surface area contributed by atoms with Crippen LogP contribution in [0.4, 0.5) is 0 Å². The summed E-state index contributed by atoms with van der Waals surface area (Å²) >= 11 is 0. The van der Waals surface area contributed by atoms with Gasteiger partial charge in [0.2, 0.25) is 10.0 Å². The van der Waals surface area contributed by atoms with Gasteiger partial charge < -0.3 is 5.11 Å². The Morgan fingerprint density at radius 1 is 1.45 bits per heavy atom. The number of aromatic nitrogens is 2. The lowest BCUT2D eigenvalue weighted by Gasteiger charge is -2.38. The van der Waals surface area contributed by atoms with E-state index in [-0.39, 0.29) is 17.5 Å². The van der Waals surface area contributed by atoms with Crippen molar-refractivity contribution in [1.29, 1.82) is 0 Å². The van der Waals surface area contributed by atoms with Crippen molar-refractivity contribution >= 4 is 10.0 Å². The van der Waals surface area contributed by atoms with Crippen molar-refractivity contribution in [2.24, 2.45) is 0 Å². The normalized spacial score (nSPS) is 22.2. The van der Waals surface area contributed by atoms with Gasteiger partial charge in [0.1, 0.15) is 4.90 Å². The van der Waals surface area contributed by atoms with Crippen molar-refractivity contribution in [2.75, 3.05) is 32.8 Å². The second-order valence-corrected chi connectivity index (χ2v) is 6.94. The van der Waals surface area contributed by atoms with Crippen LogP contribution in [0.1, 0.15) is 13.8 Å². The van der Waals surface area contributed by atoms with Crippen molar-refractivity contribution in [2.45, 2.75) is 31.3 Å². The molecule has 1 atom stereocenters. The van der Waals surface area contributed by atoms with Crippen LogP contribution >= 0.6 is 0 Å². The molecule has 0 amide bonds. The van der Waals surface area contributed by atoms with E-state index in [1.165, 1.54) is 21.4 Å². The number of piperazine rings is 1. The molecule has 0 bridgehead atoms. The molecule has 0 saturated carbocycles. The largest absolute Gasteiger partial charge is 0.394 e. The van der Waals surface area contributed by atoms with Crippen molar-refractivity contribution in [1.82, 2.24) is 19.0 Å². The van der Waals surface area contributed by atoms with Gasteiger partial charge in [-0.15, -0.1) is 0 Å². The SMILES string of the molecule is CCN1CCN(S(=O)(=O)c2cnn(CCO)c2)CC1C. The lowest BCUT2D eigenvalue weighted by atomic mass is 10.2. The molecule has 7 nitrogen and oxygen atoms in total. The Morgan fingerprint density at radius 3 is 2.80 bits per heavy atom. The fourth-order valence-corrected chi connectivity index (χ4v) is 3.97. The minimum atomic E-state index is -3.48. The molecule has 114 valence electrons. The Bertz CT molecular complexity index is 543. The van der Waals surface area contributed by atoms with Gasteiger partial charge in [-0.25, -0.2) is 8.42 Å². The lowest BCUT2D eigenvalue weighted by Crippen LogP contribution is -2.53. The highest BCUT2D eigenvalue weighted by Gasteiger charge is 2.32. The minimum absolute atomic E-state index is 0.0621. The molecule has 1 saturated heterocycles. The first kappa shape index (κ1) is 15.4. The summed E-state index contributed by atoms with van der Waals surface area (Å²) in [5.74, 6) is 0. The van der Waals surface area contributed by atoms with Crippen LogP contribution < -0.4 is 0 Å². The number of likely N-dealkylation sites (N-methyl/N-ethyl adjacent to an activating group) is 1. The average molecular weight is 302 g/mol. The van der Waals surface area contributed by atoms with Crippen LogP contribution in [-0.4, -0.2) is 71.3 Å². The molecule has 1 aromatic rings. The lowest BCUT2D eigenvalue weighted by molar-refractivity contribution is 0.135. The zero-order valence-electron chi connectivity index (χ0n) is 11.9. The first-order valence-electron chi connectivity index (χ1n) is 6.86. The highest BCUT2D eigenvalue weighted by atomic mass is 32.2. The van der Waals surface area contributed by atoms with E-state index in [0.29, 0.717) is 19.6 Å². The Labute approximate surface area is 119 Å². The van der Waals surface area contributed by atoms with E-state index in [1.54, 1.807) is 0 Å². The molecular weight excluding hydrogens is 280 g/mol. The molecule has 2 heterocycles. The van der Waals surface area contributed by atoms with Crippen LogP contribution in [0.2, 0.25) is 0 Å². The molecule has 0 aromatic carbocycles. The van der Waals surface area contributed by atoms with E-state index in [0.717, 1.165) is 13.1 Å². The third-order valence-electron chi connectivity index (χ3n) is 3.71. The van der Waals surface area contributed by atoms with E-state index in [4.69, 9.17) is 5.11 Å². The Morgan fingerprint density at radius 2 is 2.20 bits per heavy atom. The second-order valence-electron chi connectivity index (χ2n) is 5.00. The highest BCUT2D eigenvalue weighted by molar-refractivity contribution is 7.89. The Hall–Kier alpha value is -0.960. The van der Waals surface area contributed by atoms with Crippen LogP contribution in [0.15, 0.2) is 17.3 Å². The standard InChI is InChI=1S/C12H22N4O3S/c1-3-14-4-5-16(9-11(14)2)20(18,19)12-8-13-15(10-12)6-7-17/h8,10-11,17H,3-7,9H2,1-2H3. The topological polar surface area (TPSA) is 78.7 Å². The predicted octanol–water partition coefficient (Wildman–Crippen LogP) is -0.410. The number of hydrogen-bond acceptors (Lipinski definition) is 5. The first-order valence-corrected chi connectivity index (χ1v) is 8.30. The monoisotopic (exact) mass is 302 g/mol. The predicted molar refractivity (Wildman–Crippen MR) is 74.8 cm³/mol. The molecular formula is C12H22N4O3S. The molecule has 2 rings (SSSR count). The molecule has 1 aliphatic rings. The summed E-state index contributed by atoms with van der Waals surface area (Å²) in [4.78, 5) is 2.46. The van der Waals surface area contributed by atoms with Crippen LogP contribution in [0.3, 0.4) is 0 Å². The Balaban J connectivity index is 2.14. The number of sulfonamides is 1. The zero-order chi connectivity index (χ0) is 14.8. The van der Waals surface area contributed by atoms with Gasteiger partial charge in [0, 0.05) is 31.9 Å². The molecule has 0 radical (unpaired) electrons. The molecule has 1 fully saturated rings. The molecule has 1 aliphatic heterocycles. The van der Waals surface area contributed by atoms with E-state index in [2.05, 4.69) is 16.9 Å². The van der Waals surface area contributed by atoms with E-state index >= 15 is 0 Å². The molecule has 8 heteroatoms. The summed E-state index contributed by atoms with van der Waals surface area (Å²) in [6, 6.07) is 0.219. The maximum Gasteiger partial charge on any atom is 0.246 e. The number of hydrogen-bond donors (Lipinski definition) is 1. The van der Waals surface area contributed by atoms with E-state index < -0.39 is 10.0 Å². The molecule has 0 aliphatic carbocycles.